The van der Waals surface area contributed by atoms with Gasteiger partial charge in [0.2, 0.25) is 5.95 Å². The van der Waals surface area contributed by atoms with Gasteiger partial charge in [-0.2, -0.15) is 4.98 Å². The Bertz CT molecular complexity index is 1450. The summed E-state index contributed by atoms with van der Waals surface area (Å²) >= 11 is 6.17. The molecule has 3 aromatic carbocycles. The van der Waals surface area contributed by atoms with Gasteiger partial charge < -0.3 is 16.0 Å². The zero-order valence-corrected chi connectivity index (χ0v) is 19.5. The van der Waals surface area contributed by atoms with Gasteiger partial charge in [0.1, 0.15) is 0 Å². The van der Waals surface area contributed by atoms with E-state index in [0.717, 1.165) is 22.6 Å². The molecule has 0 bridgehead atoms. The molecule has 0 aliphatic heterocycles. The molecular weight excluding hydrogens is 460 g/mol. The van der Waals surface area contributed by atoms with E-state index in [1.54, 1.807) is 16.6 Å². The van der Waals surface area contributed by atoms with Gasteiger partial charge in [-0.05, 0) is 60.7 Å². The highest BCUT2D eigenvalue weighted by atomic mass is 35.5. The van der Waals surface area contributed by atoms with Crippen LogP contribution in [0.1, 0.15) is 10.4 Å². The van der Waals surface area contributed by atoms with Crippen LogP contribution in [0.15, 0.2) is 97.1 Å². The van der Waals surface area contributed by atoms with Crippen molar-refractivity contribution in [3.63, 3.8) is 0 Å². The lowest BCUT2D eigenvalue weighted by Crippen LogP contribution is -2.28. The average Bonchev–Trinajstić information content (AvgIpc) is 3.30. The molecule has 0 radical (unpaired) electrons. The van der Waals surface area contributed by atoms with Crippen LogP contribution in [0.4, 0.5) is 17.3 Å². The molecule has 2 aromatic heterocycles. The van der Waals surface area contributed by atoms with E-state index in [2.05, 4.69) is 26.0 Å². The van der Waals surface area contributed by atoms with Crippen molar-refractivity contribution < 1.29 is 4.79 Å². The molecule has 8 heteroatoms. The standard InChI is InChI=1S/C27H23ClN6O/c28-21-7-4-6-20(18-21)24-10-5-11-25-32-27(33-34(24)25)31-23-14-12-19(13-15-23)26(35)30-17-16-29-22-8-2-1-3-9-22/h1-15,18,29H,16-17H2,(H,30,35)(H,31,33). The third-order valence-corrected chi connectivity index (χ3v) is 5.63. The SMILES string of the molecule is O=C(NCCNc1ccccc1)c1ccc(Nc2nc3cccc(-c4cccc(Cl)c4)n3n2)cc1. The van der Waals surface area contributed by atoms with Crippen LogP contribution in [-0.4, -0.2) is 33.6 Å². The number of halogens is 1. The third kappa shape index (κ3) is 5.42. The molecule has 0 unspecified atom stereocenters. The smallest absolute Gasteiger partial charge is 0.251 e. The molecule has 5 rings (SSSR count). The molecular formula is C27H23ClN6O. The monoisotopic (exact) mass is 482 g/mol. The Morgan fingerprint density at radius 3 is 2.43 bits per heavy atom. The van der Waals surface area contributed by atoms with Crippen LogP contribution in [-0.2, 0) is 0 Å². The van der Waals surface area contributed by atoms with Crippen LogP contribution in [0.2, 0.25) is 5.02 Å². The number of nitrogens with zero attached hydrogens (tertiary/aromatic N) is 3. The minimum absolute atomic E-state index is 0.122. The Morgan fingerprint density at radius 2 is 1.63 bits per heavy atom. The number of pyridine rings is 1. The summed E-state index contributed by atoms with van der Waals surface area (Å²) in [4.78, 5) is 17.0. The number of benzene rings is 3. The van der Waals surface area contributed by atoms with Gasteiger partial charge in [-0.1, -0.05) is 48.0 Å². The molecule has 174 valence electrons. The van der Waals surface area contributed by atoms with Gasteiger partial charge in [0, 0.05) is 40.6 Å². The van der Waals surface area contributed by atoms with Gasteiger partial charge in [0.05, 0.1) is 5.69 Å². The summed E-state index contributed by atoms with van der Waals surface area (Å²) in [7, 11) is 0. The second-order valence-electron chi connectivity index (χ2n) is 7.88. The van der Waals surface area contributed by atoms with Crippen LogP contribution in [0.5, 0.6) is 0 Å². The van der Waals surface area contributed by atoms with Crippen molar-refractivity contribution in [2.45, 2.75) is 0 Å². The Hall–Kier alpha value is -4.36. The molecule has 0 aliphatic rings. The molecule has 7 nitrogen and oxygen atoms in total. The molecule has 5 aromatic rings. The zero-order valence-electron chi connectivity index (χ0n) is 18.8. The van der Waals surface area contributed by atoms with Gasteiger partial charge in [0.25, 0.3) is 5.91 Å². The van der Waals surface area contributed by atoms with Crippen LogP contribution in [0.3, 0.4) is 0 Å². The fraction of sp³-hybridized carbons (Fsp3) is 0.0741. The number of hydrogen-bond acceptors (Lipinski definition) is 5. The number of fused-ring (bicyclic) bond motifs is 1. The lowest BCUT2D eigenvalue weighted by atomic mass is 10.1. The van der Waals surface area contributed by atoms with Gasteiger partial charge in [-0.25, -0.2) is 4.52 Å². The summed E-state index contributed by atoms with van der Waals surface area (Å²) in [6.45, 7) is 1.17. The lowest BCUT2D eigenvalue weighted by molar-refractivity contribution is 0.0955. The number of hydrogen-bond donors (Lipinski definition) is 3. The first-order valence-electron chi connectivity index (χ1n) is 11.2. The van der Waals surface area contributed by atoms with E-state index in [0.29, 0.717) is 35.3 Å². The number of carbonyl (C=O) groups is 1. The number of anilines is 3. The largest absolute Gasteiger partial charge is 0.383 e. The van der Waals surface area contributed by atoms with Crippen molar-refractivity contribution in [2.24, 2.45) is 0 Å². The maximum Gasteiger partial charge on any atom is 0.251 e. The van der Waals surface area contributed by atoms with E-state index in [1.165, 1.54) is 0 Å². The van der Waals surface area contributed by atoms with E-state index in [-0.39, 0.29) is 5.91 Å². The maximum atomic E-state index is 12.4. The lowest BCUT2D eigenvalue weighted by Gasteiger charge is -2.08. The molecule has 2 heterocycles. The first kappa shape index (κ1) is 22.4. The fourth-order valence-corrected chi connectivity index (χ4v) is 3.89. The van der Waals surface area contributed by atoms with Crippen LogP contribution in [0.25, 0.3) is 16.9 Å². The summed E-state index contributed by atoms with van der Waals surface area (Å²) in [5.41, 5.74) is 4.95. The number of aromatic nitrogens is 3. The van der Waals surface area contributed by atoms with Gasteiger partial charge in [-0.15, -0.1) is 5.10 Å². The molecule has 1 amide bonds. The number of rotatable bonds is 8. The minimum Gasteiger partial charge on any atom is -0.383 e. The van der Waals surface area contributed by atoms with E-state index in [9.17, 15) is 4.79 Å². The molecule has 0 saturated heterocycles. The molecule has 0 aliphatic carbocycles. The summed E-state index contributed by atoms with van der Waals surface area (Å²) in [5, 5.41) is 14.7. The fourth-order valence-electron chi connectivity index (χ4n) is 3.70. The van der Waals surface area contributed by atoms with Crippen molar-refractivity contribution in [1.29, 1.82) is 0 Å². The summed E-state index contributed by atoms with van der Waals surface area (Å²) in [5.74, 6) is 0.340. The first-order valence-corrected chi connectivity index (χ1v) is 11.6. The number of carbonyl (C=O) groups excluding carboxylic acids is 1. The van der Waals surface area contributed by atoms with Crippen molar-refractivity contribution in [3.8, 4) is 11.3 Å². The Labute approximate surface area is 207 Å². The Balaban J connectivity index is 1.22. The number of para-hydroxylation sites is 1. The summed E-state index contributed by atoms with van der Waals surface area (Å²) in [6.07, 6.45) is 0. The quantitative estimate of drug-likeness (QED) is 0.249. The van der Waals surface area contributed by atoms with Crippen LogP contribution in [0, 0.1) is 0 Å². The summed E-state index contributed by atoms with van der Waals surface area (Å²) in [6, 6.07) is 30.5. The van der Waals surface area contributed by atoms with Crippen LogP contribution >= 0.6 is 11.6 Å². The van der Waals surface area contributed by atoms with E-state index in [4.69, 9.17) is 11.6 Å². The van der Waals surface area contributed by atoms with E-state index in [1.807, 2.05) is 84.9 Å². The first-order chi connectivity index (χ1) is 17.2. The van der Waals surface area contributed by atoms with Crippen molar-refractivity contribution in [3.05, 3.63) is 108 Å². The second kappa shape index (κ2) is 10.3. The number of amides is 1. The second-order valence-corrected chi connectivity index (χ2v) is 8.31. The summed E-state index contributed by atoms with van der Waals surface area (Å²) < 4.78 is 1.78. The predicted molar refractivity (Wildman–Crippen MR) is 140 cm³/mol. The van der Waals surface area contributed by atoms with E-state index >= 15 is 0 Å². The Kier molecular flexibility index (Phi) is 6.59. The van der Waals surface area contributed by atoms with Gasteiger partial charge >= 0.3 is 0 Å². The predicted octanol–water partition coefficient (Wildman–Crippen LogP) is 5.64. The molecule has 3 N–H and O–H groups in total. The minimum atomic E-state index is -0.122. The maximum absolute atomic E-state index is 12.4. The third-order valence-electron chi connectivity index (χ3n) is 5.40. The normalized spacial score (nSPS) is 10.8. The van der Waals surface area contributed by atoms with Crippen molar-refractivity contribution in [1.82, 2.24) is 19.9 Å². The molecule has 35 heavy (non-hydrogen) atoms. The molecule has 0 fully saturated rings. The van der Waals surface area contributed by atoms with Gasteiger partial charge in [0.15, 0.2) is 5.65 Å². The highest BCUT2D eigenvalue weighted by molar-refractivity contribution is 6.30. The highest BCUT2D eigenvalue weighted by Crippen LogP contribution is 2.24. The van der Waals surface area contributed by atoms with Gasteiger partial charge in [-0.3, -0.25) is 4.79 Å². The molecule has 0 spiro atoms. The van der Waals surface area contributed by atoms with Crippen molar-refractivity contribution in [2.75, 3.05) is 23.7 Å². The topological polar surface area (TPSA) is 83.4 Å². The Morgan fingerprint density at radius 1 is 0.829 bits per heavy atom. The number of nitrogens with one attached hydrogen (secondary N) is 3. The van der Waals surface area contributed by atoms with Crippen molar-refractivity contribution >= 4 is 40.5 Å². The van der Waals surface area contributed by atoms with Crippen LogP contribution < -0.4 is 16.0 Å². The zero-order chi connectivity index (χ0) is 24.0. The molecule has 0 saturated carbocycles. The highest BCUT2D eigenvalue weighted by Gasteiger charge is 2.10. The molecule has 0 atom stereocenters. The van der Waals surface area contributed by atoms with E-state index < -0.39 is 0 Å². The average molecular weight is 483 g/mol.